The van der Waals surface area contributed by atoms with Crippen LogP contribution in [0.15, 0.2) is 23.7 Å². The summed E-state index contributed by atoms with van der Waals surface area (Å²) in [6.45, 7) is 3.01. The molecular formula is C19H18F2N2O4S. The number of nitrogens with zero attached hydrogens (tertiary/aromatic N) is 2. The van der Waals surface area contributed by atoms with Gasteiger partial charge in [0.05, 0.1) is 6.42 Å². The number of rotatable bonds is 7. The van der Waals surface area contributed by atoms with Crippen molar-refractivity contribution in [3.05, 3.63) is 46.4 Å². The molecule has 6 nitrogen and oxygen atoms in total. The van der Waals surface area contributed by atoms with Crippen LogP contribution >= 0.6 is 11.3 Å². The van der Waals surface area contributed by atoms with Gasteiger partial charge in [-0.1, -0.05) is 6.92 Å². The Labute approximate surface area is 163 Å². The first-order valence-electron chi connectivity index (χ1n) is 8.49. The maximum Gasteiger partial charge on any atom is 0.307 e. The molecule has 0 atom stereocenters. The number of aryl methyl sites for hydroxylation is 1. The van der Waals surface area contributed by atoms with Gasteiger partial charge < -0.3 is 14.9 Å². The number of phenols is 1. The van der Waals surface area contributed by atoms with Crippen LogP contribution in [0.25, 0.3) is 10.1 Å². The number of ether oxygens (including phenoxy) is 1. The van der Waals surface area contributed by atoms with Crippen molar-refractivity contribution >= 4 is 27.4 Å². The molecule has 3 aromatic rings. The fourth-order valence-corrected chi connectivity index (χ4v) is 3.70. The molecule has 9 heteroatoms. The summed E-state index contributed by atoms with van der Waals surface area (Å²) in [5.41, 5.74) is 1.48. The second-order valence-electron chi connectivity index (χ2n) is 6.30. The molecule has 0 saturated carbocycles. The third-order valence-corrected chi connectivity index (χ3v) is 5.27. The minimum atomic E-state index is -3.08. The lowest BCUT2D eigenvalue weighted by Crippen LogP contribution is -2.17. The van der Waals surface area contributed by atoms with Crippen molar-refractivity contribution in [1.29, 1.82) is 0 Å². The van der Waals surface area contributed by atoms with E-state index in [9.17, 15) is 18.7 Å². The van der Waals surface area contributed by atoms with E-state index in [0.717, 1.165) is 0 Å². The van der Waals surface area contributed by atoms with E-state index in [1.165, 1.54) is 30.5 Å². The number of hydrogen-bond acceptors (Lipinski definition) is 6. The van der Waals surface area contributed by atoms with Gasteiger partial charge in [0.1, 0.15) is 18.1 Å². The van der Waals surface area contributed by atoms with Gasteiger partial charge in [0.15, 0.2) is 5.82 Å². The first-order valence-corrected chi connectivity index (χ1v) is 9.37. The standard InChI is InChI=1S/C19H18F2N2O4S/c1-3-19(20,21)18-22-7-12(10(2)23-18)8-27-13-5-14(24)17-11(4-16(25)26)9-28-15(17)6-13/h5-7,9,24H,3-4,8H2,1-2H3,(H,25,26). The van der Waals surface area contributed by atoms with E-state index in [1.807, 2.05) is 0 Å². The third kappa shape index (κ3) is 4.04. The van der Waals surface area contributed by atoms with Gasteiger partial charge in [-0.25, -0.2) is 9.97 Å². The molecule has 0 saturated heterocycles. The topological polar surface area (TPSA) is 92.5 Å². The summed E-state index contributed by atoms with van der Waals surface area (Å²) in [7, 11) is 0. The highest BCUT2D eigenvalue weighted by molar-refractivity contribution is 7.17. The number of benzene rings is 1. The van der Waals surface area contributed by atoms with Crippen molar-refractivity contribution in [2.45, 2.75) is 39.2 Å². The Morgan fingerprint density at radius 1 is 1.32 bits per heavy atom. The number of thiophene rings is 1. The van der Waals surface area contributed by atoms with Crippen LogP contribution in [-0.2, 0) is 23.7 Å². The van der Waals surface area contributed by atoms with Crippen LogP contribution in [0.4, 0.5) is 8.78 Å². The first kappa shape index (κ1) is 19.9. The van der Waals surface area contributed by atoms with E-state index in [-0.39, 0.29) is 25.2 Å². The van der Waals surface area contributed by atoms with Crippen molar-refractivity contribution in [1.82, 2.24) is 9.97 Å². The minimum absolute atomic E-state index is 0.0438. The maximum absolute atomic E-state index is 13.7. The van der Waals surface area contributed by atoms with Crippen molar-refractivity contribution in [3.8, 4) is 11.5 Å². The lowest BCUT2D eigenvalue weighted by molar-refractivity contribution is -0.136. The highest BCUT2D eigenvalue weighted by Gasteiger charge is 2.32. The summed E-state index contributed by atoms with van der Waals surface area (Å²) < 4.78 is 33.8. The Morgan fingerprint density at radius 3 is 2.71 bits per heavy atom. The smallest absolute Gasteiger partial charge is 0.307 e. The number of carboxylic acid groups (broad SMARTS) is 1. The zero-order valence-electron chi connectivity index (χ0n) is 15.2. The molecule has 1 aromatic carbocycles. The zero-order valence-corrected chi connectivity index (χ0v) is 16.0. The number of aromatic nitrogens is 2. The molecule has 0 radical (unpaired) electrons. The molecule has 2 aromatic heterocycles. The Balaban J connectivity index is 1.80. The second kappa shape index (κ2) is 7.67. The van der Waals surface area contributed by atoms with E-state index in [0.29, 0.717) is 32.7 Å². The van der Waals surface area contributed by atoms with Crippen molar-refractivity contribution in [2.75, 3.05) is 0 Å². The molecule has 0 aliphatic carbocycles. The Bertz CT molecular complexity index is 1040. The van der Waals surface area contributed by atoms with Crippen LogP contribution in [0.2, 0.25) is 0 Å². The van der Waals surface area contributed by atoms with Gasteiger partial charge in [-0.2, -0.15) is 8.78 Å². The maximum atomic E-state index is 13.7. The fraction of sp³-hybridized carbons (Fsp3) is 0.316. The van der Waals surface area contributed by atoms with Crippen LogP contribution in [0.1, 0.15) is 36.0 Å². The predicted octanol–water partition coefficient (Wildman–Crippen LogP) is 4.41. The van der Waals surface area contributed by atoms with Crippen LogP contribution in [0.5, 0.6) is 11.5 Å². The number of aliphatic carboxylic acids is 1. The molecule has 0 fully saturated rings. The predicted molar refractivity (Wildman–Crippen MR) is 100 cm³/mol. The lowest BCUT2D eigenvalue weighted by Gasteiger charge is -2.14. The van der Waals surface area contributed by atoms with Crippen LogP contribution in [0.3, 0.4) is 0 Å². The summed E-state index contributed by atoms with van der Waals surface area (Å²) in [6.07, 6.45) is 0.751. The Kier molecular flexibility index (Phi) is 5.46. The van der Waals surface area contributed by atoms with Crippen molar-refractivity contribution < 1.29 is 28.5 Å². The van der Waals surface area contributed by atoms with Crippen LogP contribution in [0, 0.1) is 6.92 Å². The molecular weight excluding hydrogens is 390 g/mol. The lowest BCUT2D eigenvalue weighted by atomic mass is 10.1. The van der Waals surface area contributed by atoms with Gasteiger partial charge in [-0.3, -0.25) is 4.79 Å². The van der Waals surface area contributed by atoms with E-state index in [4.69, 9.17) is 9.84 Å². The second-order valence-corrected chi connectivity index (χ2v) is 7.21. The summed E-state index contributed by atoms with van der Waals surface area (Å²) in [6, 6.07) is 3.09. The molecule has 28 heavy (non-hydrogen) atoms. The Morgan fingerprint density at radius 2 is 2.07 bits per heavy atom. The number of phenolic OH excluding ortho intramolecular Hbond substituents is 1. The largest absolute Gasteiger partial charge is 0.507 e. The molecule has 3 rings (SSSR count). The normalized spacial score (nSPS) is 11.7. The monoisotopic (exact) mass is 408 g/mol. The van der Waals surface area contributed by atoms with Crippen LogP contribution in [-0.4, -0.2) is 26.2 Å². The molecule has 0 unspecified atom stereocenters. The van der Waals surface area contributed by atoms with Gasteiger partial charge in [0.25, 0.3) is 0 Å². The van der Waals surface area contributed by atoms with Crippen molar-refractivity contribution in [3.63, 3.8) is 0 Å². The molecule has 0 aliphatic heterocycles. The quantitative estimate of drug-likeness (QED) is 0.601. The van der Waals surface area contributed by atoms with Gasteiger partial charge in [-0.05, 0) is 23.9 Å². The van der Waals surface area contributed by atoms with Gasteiger partial charge in [0, 0.05) is 40.0 Å². The molecule has 0 aliphatic rings. The van der Waals surface area contributed by atoms with Gasteiger partial charge in [-0.15, -0.1) is 11.3 Å². The summed E-state index contributed by atoms with van der Waals surface area (Å²) in [5, 5.41) is 21.4. The molecule has 2 heterocycles. The van der Waals surface area contributed by atoms with E-state index in [2.05, 4.69) is 9.97 Å². The van der Waals surface area contributed by atoms with Crippen molar-refractivity contribution in [2.24, 2.45) is 0 Å². The molecule has 2 N–H and O–H groups in total. The van der Waals surface area contributed by atoms with E-state index >= 15 is 0 Å². The number of halogens is 2. The third-order valence-electron chi connectivity index (χ3n) is 4.29. The highest BCUT2D eigenvalue weighted by Crippen LogP contribution is 2.37. The minimum Gasteiger partial charge on any atom is -0.507 e. The van der Waals surface area contributed by atoms with Crippen LogP contribution < -0.4 is 4.74 Å². The highest BCUT2D eigenvalue weighted by atomic mass is 32.1. The van der Waals surface area contributed by atoms with E-state index < -0.39 is 17.7 Å². The average Bonchev–Trinajstić information content (AvgIpc) is 3.03. The average molecular weight is 408 g/mol. The SMILES string of the molecule is CCC(F)(F)c1ncc(COc2cc(O)c3c(CC(=O)O)csc3c2)c(C)n1. The zero-order chi connectivity index (χ0) is 20.5. The number of alkyl halides is 2. The van der Waals surface area contributed by atoms with E-state index in [1.54, 1.807) is 18.4 Å². The molecule has 0 amide bonds. The number of fused-ring (bicyclic) bond motifs is 1. The molecule has 0 spiro atoms. The number of carbonyl (C=O) groups is 1. The number of aromatic hydroxyl groups is 1. The summed E-state index contributed by atoms with van der Waals surface area (Å²) >= 11 is 1.30. The fourth-order valence-electron chi connectivity index (χ4n) is 2.69. The van der Waals surface area contributed by atoms with Gasteiger partial charge >= 0.3 is 11.9 Å². The summed E-state index contributed by atoms with van der Waals surface area (Å²) in [4.78, 5) is 18.6. The van der Waals surface area contributed by atoms with Gasteiger partial charge in [0.2, 0.25) is 0 Å². The molecule has 148 valence electrons. The Hall–Kier alpha value is -2.81. The first-order chi connectivity index (χ1) is 13.2. The number of carboxylic acids is 1. The number of hydrogen-bond donors (Lipinski definition) is 2. The summed E-state index contributed by atoms with van der Waals surface area (Å²) in [5.74, 6) is -4.27. The molecule has 0 bridgehead atoms.